The van der Waals surface area contributed by atoms with Gasteiger partial charge in [-0.25, -0.2) is 0 Å². The molecule has 226 valence electrons. The fourth-order valence-corrected chi connectivity index (χ4v) is 7.30. The first-order valence-electron chi connectivity index (χ1n) is 15.3. The number of ether oxygens (including phenoxy) is 2. The molecule has 0 saturated carbocycles. The van der Waals surface area contributed by atoms with Crippen LogP contribution in [0.2, 0.25) is 0 Å². The molecule has 42 heavy (non-hydrogen) atoms. The van der Waals surface area contributed by atoms with Crippen LogP contribution < -0.4 is 15.4 Å². The number of nitrogens with zero attached hydrogens (tertiary/aromatic N) is 1. The largest absolute Gasteiger partial charge is 0.494 e. The van der Waals surface area contributed by atoms with Gasteiger partial charge in [0.25, 0.3) is 0 Å². The molecule has 6 atom stereocenters. The molecule has 3 N–H and O–H groups in total. The van der Waals surface area contributed by atoms with E-state index in [9.17, 15) is 19.5 Å². The molecule has 3 saturated heterocycles. The quantitative estimate of drug-likeness (QED) is 0.313. The van der Waals surface area contributed by atoms with E-state index in [4.69, 9.17) is 9.47 Å². The van der Waals surface area contributed by atoms with Crippen LogP contribution in [-0.4, -0.2) is 70.8 Å². The summed E-state index contributed by atoms with van der Waals surface area (Å²) in [5.41, 5.74) is -0.501. The summed E-state index contributed by atoms with van der Waals surface area (Å²) in [7, 11) is 0. The lowest BCUT2D eigenvalue weighted by atomic mass is 9.66. The Labute approximate surface area is 248 Å². The average Bonchev–Trinajstić information content (AvgIpc) is 3.56. The zero-order valence-electron chi connectivity index (χ0n) is 24.8. The number of likely N-dealkylation sites (tertiary alicyclic amines) is 1. The second kappa shape index (κ2) is 12.4. The van der Waals surface area contributed by atoms with Crippen molar-refractivity contribution in [2.45, 2.75) is 82.6 Å². The Balaban J connectivity index is 1.47. The number of hydrogen-bond acceptors (Lipinski definition) is 6. The van der Waals surface area contributed by atoms with Crippen LogP contribution in [-0.2, 0) is 25.5 Å². The number of aliphatic hydroxyl groups is 1. The van der Waals surface area contributed by atoms with Gasteiger partial charge in [0.15, 0.2) is 0 Å². The summed E-state index contributed by atoms with van der Waals surface area (Å²) < 4.78 is 12.2. The number of hydrogen-bond donors (Lipinski definition) is 3. The lowest BCUT2D eigenvalue weighted by Crippen LogP contribution is -2.58. The van der Waals surface area contributed by atoms with Crippen LogP contribution in [0.15, 0.2) is 54.6 Å². The molecule has 2 aromatic rings. The molecule has 9 nitrogen and oxygen atoms in total. The minimum Gasteiger partial charge on any atom is -0.494 e. The van der Waals surface area contributed by atoms with Gasteiger partial charge in [0.05, 0.1) is 36.7 Å². The van der Waals surface area contributed by atoms with E-state index in [1.165, 1.54) is 4.90 Å². The van der Waals surface area contributed by atoms with E-state index in [0.717, 1.165) is 24.8 Å². The number of rotatable bonds is 13. The Morgan fingerprint density at radius 1 is 1.07 bits per heavy atom. The lowest BCUT2D eigenvalue weighted by molar-refractivity contribution is -0.148. The Kier molecular flexibility index (Phi) is 8.89. The Morgan fingerprint density at radius 3 is 2.48 bits per heavy atom. The number of benzene rings is 2. The van der Waals surface area contributed by atoms with E-state index in [0.29, 0.717) is 43.9 Å². The van der Waals surface area contributed by atoms with E-state index in [2.05, 4.69) is 17.6 Å². The van der Waals surface area contributed by atoms with Crippen molar-refractivity contribution in [1.29, 1.82) is 0 Å². The molecule has 3 amide bonds. The zero-order valence-corrected chi connectivity index (χ0v) is 24.8. The fraction of sp³-hybridized carbons (Fsp3) is 0.545. The van der Waals surface area contributed by atoms with Crippen LogP contribution in [0.5, 0.6) is 5.75 Å². The molecular weight excluding hydrogens is 534 g/mol. The number of amides is 3. The van der Waals surface area contributed by atoms with Crippen LogP contribution in [0.25, 0.3) is 0 Å². The summed E-state index contributed by atoms with van der Waals surface area (Å²) in [6, 6.07) is 15.2. The van der Waals surface area contributed by atoms with Gasteiger partial charge in [-0.05, 0) is 69.4 Å². The Morgan fingerprint density at radius 2 is 1.81 bits per heavy atom. The highest BCUT2D eigenvalue weighted by molar-refractivity contribution is 6.02. The molecule has 3 aliphatic heterocycles. The molecule has 1 spiro atoms. The number of carbonyl (C=O) groups is 3. The molecule has 9 heteroatoms. The van der Waals surface area contributed by atoms with Crippen LogP contribution in [0.3, 0.4) is 0 Å². The first kappa shape index (κ1) is 30.0. The molecule has 0 aromatic heterocycles. The van der Waals surface area contributed by atoms with Crippen molar-refractivity contribution in [2.75, 3.05) is 25.1 Å². The summed E-state index contributed by atoms with van der Waals surface area (Å²) in [6.45, 7) is 6.60. The minimum absolute atomic E-state index is 0.287. The lowest BCUT2D eigenvalue weighted by Gasteiger charge is -2.37. The summed E-state index contributed by atoms with van der Waals surface area (Å²) in [4.78, 5) is 43.8. The smallest absolute Gasteiger partial charge is 0.245 e. The number of anilines is 1. The number of carbonyl (C=O) groups excluding carboxylic acids is 3. The van der Waals surface area contributed by atoms with E-state index >= 15 is 0 Å². The third kappa shape index (κ3) is 5.40. The second-order valence-corrected chi connectivity index (χ2v) is 11.9. The topological polar surface area (TPSA) is 117 Å². The van der Waals surface area contributed by atoms with Crippen LogP contribution in [0, 0.1) is 11.8 Å². The van der Waals surface area contributed by atoms with Crippen molar-refractivity contribution in [3.63, 3.8) is 0 Å². The molecule has 2 unspecified atom stereocenters. The summed E-state index contributed by atoms with van der Waals surface area (Å²) in [5, 5.41) is 16.6. The Bertz CT molecular complexity index is 1270. The summed E-state index contributed by atoms with van der Waals surface area (Å²) >= 11 is 0. The molecular formula is C33H43N3O6. The molecule has 3 heterocycles. The molecule has 2 aromatic carbocycles. The minimum atomic E-state index is -1.15. The fourth-order valence-electron chi connectivity index (χ4n) is 7.30. The van der Waals surface area contributed by atoms with Gasteiger partial charge in [-0.1, -0.05) is 50.1 Å². The highest BCUT2D eigenvalue weighted by atomic mass is 16.5. The highest BCUT2D eigenvalue weighted by Crippen LogP contribution is 2.63. The molecule has 5 rings (SSSR count). The number of aliphatic hydroxyl groups excluding tert-OH is 1. The standard InChI is InChI=1S/C33H43N3O6/c1-4-6-10-19-34-30(39)28-33-18-17-32(3,42-33)26(29(38)35-23-13-15-25(16-14-23)41-5-2)27(33)31(40)36(28)24(21-37)20-22-11-8-7-9-12-22/h7-9,11-16,24,26-28,37H,4-6,10,17-21H2,1-3H3,(H,34,39)(H,35,38)/t24-,26+,27+,28?,32-,33?/m1/s1. The van der Waals surface area contributed by atoms with Crippen molar-refractivity contribution < 1.29 is 29.0 Å². The van der Waals surface area contributed by atoms with Gasteiger partial charge in [-0.2, -0.15) is 0 Å². The van der Waals surface area contributed by atoms with E-state index in [1.54, 1.807) is 24.3 Å². The van der Waals surface area contributed by atoms with E-state index in [-0.39, 0.29) is 24.3 Å². The van der Waals surface area contributed by atoms with Crippen molar-refractivity contribution >= 4 is 23.4 Å². The maximum atomic E-state index is 14.4. The molecule has 3 fully saturated rings. The number of unbranched alkanes of at least 4 members (excludes halogenated alkanes) is 2. The van der Waals surface area contributed by atoms with Gasteiger partial charge in [0, 0.05) is 12.2 Å². The maximum Gasteiger partial charge on any atom is 0.245 e. The Hall–Kier alpha value is -3.43. The van der Waals surface area contributed by atoms with Gasteiger partial charge >= 0.3 is 0 Å². The normalized spacial score (nSPS) is 28.4. The van der Waals surface area contributed by atoms with Gasteiger partial charge in [-0.3, -0.25) is 14.4 Å². The second-order valence-electron chi connectivity index (χ2n) is 11.9. The van der Waals surface area contributed by atoms with E-state index < -0.39 is 35.1 Å². The third-order valence-corrected chi connectivity index (χ3v) is 9.18. The molecule has 0 radical (unpaired) electrons. The first-order chi connectivity index (χ1) is 20.3. The van der Waals surface area contributed by atoms with Gasteiger partial charge in [0.2, 0.25) is 17.7 Å². The SMILES string of the molecule is CCCCCNC(=O)C1N([C@@H](CO)Cc2ccccc2)C(=O)[C@@H]2[C@@H](C(=O)Nc3ccc(OCC)cc3)[C@@]3(C)CCC12O3. The van der Waals surface area contributed by atoms with Gasteiger partial charge < -0.3 is 30.1 Å². The summed E-state index contributed by atoms with van der Waals surface area (Å²) in [6.07, 6.45) is 4.25. The number of nitrogens with one attached hydrogen (secondary N) is 2. The third-order valence-electron chi connectivity index (χ3n) is 9.18. The van der Waals surface area contributed by atoms with Crippen molar-refractivity contribution in [3.05, 3.63) is 60.2 Å². The average molecular weight is 578 g/mol. The highest BCUT2D eigenvalue weighted by Gasteiger charge is 2.78. The number of fused-ring (bicyclic) bond motifs is 1. The maximum absolute atomic E-state index is 14.4. The van der Waals surface area contributed by atoms with Crippen molar-refractivity contribution in [3.8, 4) is 5.75 Å². The van der Waals surface area contributed by atoms with E-state index in [1.807, 2.05) is 44.2 Å². The van der Waals surface area contributed by atoms with Gasteiger partial charge in [-0.15, -0.1) is 0 Å². The van der Waals surface area contributed by atoms with Gasteiger partial charge in [0.1, 0.15) is 17.4 Å². The molecule has 0 aliphatic carbocycles. The molecule has 2 bridgehead atoms. The zero-order chi connectivity index (χ0) is 29.9. The van der Waals surface area contributed by atoms with Crippen LogP contribution >= 0.6 is 0 Å². The summed E-state index contributed by atoms with van der Waals surface area (Å²) in [5.74, 6) is -1.84. The molecule has 3 aliphatic rings. The van der Waals surface area contributed by atoms with Crippen LogP contribution in [0.4, 0.5) is 5.69 Å². The van der Waals surface area contributed by atoms with Crippen molar-refractivity contribution in [2.24, 2.45) is 11.8 Å². The monoisotopic (exact) mass is 577 g/mol. The predicted octanol–water partition coefficient (Wildman–Crippen LogP) is 3.70. The van der Waals surface area contributed by atoms with Crippen LogP contribution in [0.1, 0.15) is 58.4 Å². The first-order valence-corrected chi connectivity index (χ1v) is 15.3. The predicted molar refractivity (Wildman–Crippen MR) is 159 cm³/mol. The van der Waals surface area contributed by atoms with Crippen molar-refractivity contribution in [1.82, 2.24) is 10.2 Å².